The quantitative estimate of drug-likeness (QED) is 0.743. The van der Waals surface area contributed by atoms with Crippen LogP contribution in [0.15, 0.2) is 18.2 Å². The van der Waals surface area contributed by atoms with Crippen LogP contribution in [0.3, 0.4) is 0 Å². The molecule has 1 fully saturated rings. The lowest BCUT2D eigenvalue weighted by Gasteiger charge is -2.22. The van der Waals surface area contributed by atoms with E-state index in [1.807, 2.05) is 0 Å². The molecular formula is C12H13F2N3O2. The summed E-state index contributed by atoms with van der Waals surface area (Å²) >= 11 is 0. The Kier molecular flexibility index (Phi) is 4.06. The summed E-state index contributed by atoms with van der Waals surface area (Å²) in [5.41, 5.74) is 0.153. The molecule has 7 heteroatoms. The van der Waals surface area contributed by atoms with Crippen molar-refractivity contribution in [2.24, 2.45) is 0 Å². The van der Waals surface area contributed by atoms with Crippen molar-refractivity contribution >= 4 is 17.5 Å². The van der Waals surface area contributed by atoms with Crippen molar-refractivity contribution in [2.75, 3.05) is 18.4 Å². The molecule has 19 heavy (non-hydrogen) atoms. The number of amides is 2. The molecule has 0 aliphatic carbocycles. The van der Waals surface area contributed by atoms with Gasteiger partial charge < -0.3 is 16.0 Å². The van der Waals surface area contributed by atoms with Gasteiger partial charge in [-0.3, -0.25) is 9.59 Å². The molecule has 1 aromatic carbocycles. The number of halogens is 2. The van der Waals surface area contributed by atoms with Crippen molar-refractivity contribution in [1.29, 1.82) is 0 Å². The van der Waals surface area contributed by atoms with E-state index in [1.165, 1.54) is 6.07 Å². The molecule has 0 radical (unpaired) electrons. The predicted octanol–water partition coefficient (Wildman–Crippen LogP) is 0.381. The highest BCUT2D eigenvalue weighted by Crippen LogP contribution is 2.13. The standard InChI is InChI=1S/C12H13F2N3O2/c13-8-2-1-7(5-9(8)14)17-11(18)6-10-12(19)16-4-3-15-10/h1-2,5,10,15H,3-4,6H2,(H,16,19)(H,17,18). The Morgan fingerprint density at radius 2 is 2.11 bits per heavy atom. The second kappa shape index (κ2) is 5.75. The van der Waals surface area contributed by atoms with Crippen LogP contribution >= 0.6 is 0 Å². The van der Waals surface area contributed by atoms with Gasteiger partial charge in [0.05, 0.1) is 12.5 Å². The molecule has 0 spiro atoms. The van der Waals surface area contributed by atoms with Crippen LogP contribution in [-0.4, -0.2) is 30.9 Å². The van der Waals surface area contributed by atoms with E-state index >= 15 is 0 Å². The molecule has 0 aromatic heterocycles. The molecule has 1 aromatic rings. The Balaban J connectivity index is 1.93. The first-order valence-corrected chi connectivity index (χ1v) is 5.82. The fraction of sp³-hybridized carbons (Fsp3) is 0.333. The van der Waals surface area contributed by atoms with E-state index in [4.69, 9.17) is 0 Å². The number of anilines is 1. The van der Waals surface area contributed by atoms with Crippen molar-refractivity contribution in [3.05, 3.63) is 29.8 Å². The van der Waals surface area contributed by atoms with E-state index in [-0.39, 0.29) is 18.0 Å². The number of carbonyl (C=O) groups is 2. The molecule has 1 saturated heterocycles. The fourth-order valence-corrected chi connectivity index (χ4v) is 1.78. The second-order valence-electron chi connectivity index (χ2n) is 4.18. The van der Waals surface area contributed by atoms with Crippen LogP contribution in [0.1, 0.15) is 6.42 Å². The molecular weight excluding hydrogens is 256 g/mol. The van der Waals surface area contributed by atoms with Crippen molar-refractivity contribution in [3.8, 4) is 0 Å². The van der Waals surface area contributed by atoms with Crippen LogP contribution in [0.5, 0.6) is 0 Å². The lowest BCUT2D eigenvalue weighted by molar-refractivity contribution is -0.127. The molecule has 1 heterocycles. The van der Waals surface area contributed by atoms with E-state index in [9.17, 15) is 18.4 Å². The average Bonchev–Trinajstić information content (AvgIpc) is 2.37. The Labute approximate surface area is 108 Å². The molecule has 3 N–H and O–H groups in total. The molecule has 1 unspecified atom stereocenters. The van der Waals surface area contributed by atoms with E-state index in [0.29, 0.717) is 13.1 Å². The zero-order valence-corrected chi connectivity index (χ0v) is 10.0. The maximum atomic E-state index is 12.9. The average molecular weight is 269 g/mol. The minimum Gasteiger partial charge on any atom is -0.353 e. The van der Waals surface area contributed by atoms with Gasteiger partial charge >= 0.3 is 0 Å². The first kappa shape index (κ1) is 13.4. The zero-order chi connectivity index (χ0) is 13.8. The highest BCUT2D eigenvalue weighted by molar-refractivity contribution is 5.95. The molecule has 2 amide bonds. The second-order valence-corrected chi connectivity index (χ2v) is 4.18. The number of hydrogen-bond acceptors (Lipinski definition) is 3. The molecule has 2 rings (SSSR count). The van der Waals surface area contributed by atoms with Crippen molar-refractivity contribution in [3.63, 3.8) is 0 Å². The predicted molar refractivity (Wildman–Crippen MR) is 64.4 cm³/mol. The number of hydrogen-bond donors (Lipinski definition) is 3. The minimum absolute atomic E-state index is 0.0647. The van der Waals surface area contributed by atoms with Gasteiger partial charge in [0.1, 0.15) is 0 Å². The van der Waals surface area contributed by atoms with Crippen molar-refractivity contribution in [2.45, 2.75) is 12.5 Å². The van der Waals surface area contributed by atoms with E-state index < -0.39 is 23.6 Å². The molecule has 1 aliphatic heterocycles. The summed E-state index contributed by atoms with van der Waals surface area (Å²) in [5.74, 6) is -2.70. The number of rotatable bonds is 3. The third-order valence-electron chi connectivity index (χ3n) is 2.72. The lowest BCUT2D eigenvalue weighted by atomic mass is 10.1. The monoisotopic (exact) mass is 269 g/mol. The number of carbonyl (C=O) groups excluding carboxylic acids is 2. The summed E-state index contributed by atoms with van der Waals surface area (Å²) < 4.78 is 25.7. The molecule has 0 saturated carbocycles. The summed E-state index contributed by atoms with van der Waals surface area (Å²) in [7, 11) is 0. The minimum atomic E-state index is -1.04. The number of piperazine rings is 1. The van der Waals surface area contributed by atoms with Gasteiger partial charge in [0, 0.05) is 24.8 Å². The number of benzene rings is 1. The summed E-state index contributed by atoms with van der Waals surface area (Å²) in [6.45, 7) is 1.12. The van der Waals surface area contributed by atoms with E-state index in [2.05, 4.69) is 16.0 Å². The summed E-state index contributed by atoms with van der Waals surface area (Å²) in [6.07, 6.45) is -0.0647. The first-order chi connectivity index (χ1) is 9.06. The van der Waals surface area contributed by atoms with Crippen LogP contribution in [0.2, 0.25) is 0 Å². The first-order valence-electron chi connectivity index (χ1n) is 5.82. The Hall–Kier alpha value is -2.02. The fourth-order valence-electron chi connectivity index (χ4n) is 1.78. The van der Waals surface area contributed by atoms with Gasteiger partial charge in [-0.05, 0) is 12.1 Å². The van der Waals surface area contributed by atoms with Gasteiger partial charge in [-0.15, -0.1) is 0 Å². The molecule has 102 valence electrons. The third-order valence-corrected chi connectivity index (χ3v) is 2.72. The summed E-state index contributed by atoms with van der Waals surface area (Å²) in [4.78, 5) is 23.1. The maximum Gasteiger partial charge on any atom is 0.237 e. The normalized spacial score (nSPS) is 18.8. The molecule has 0 bridgehead atoms. The largest absolute Gasteiger partial charge is 0.353 e. The van der Waals surface area contributed by atoms with Gasteiger partial charge in [-0.1, -0.05) is 0 Å². The third kappa shape index (κ3) is 3.47. The van der Waals surface area contributed by atoms with Crippen molar-refractivity contribution in [1.82, 2.24) is 10.6 Å². The smallest absolute Gasteiger partial charge is 0.237 e. The Morgan fingerprint density at radius 1 is 1.32 bits per heavy atom. The SMILES string of the molecule is O=C(CC1NCCNC1=O)Nc1ccc(F)c(F)c1. The van der Waals surface area contributed by atoms with Gasteiger partial charge in [0.2, 0.25) is 11.8 Å². The topological polar surface area (TPSA) is 70.2 Å². The van der Waals surface area contributed by atoms with Gasteiger partial charge in [0.25, 0.3) is 0 Å². The number of nitrogens with one attached hydrogen (secondary N) is 3. The van der Waals surface area contributed by atoms with E-state index in [1.54, 1.807) is 0 Å². The Bertz CT molecular complexity index is 508. The highest BCUT2D eigenvalue weighted by atomic mass is 19.2. The van der Waals surface area contributed by atoms with E-state index in [0.717, 1.165) is 12.1 Å². The van der Waals surface area contributed by atoms with Crippen LogP contribution in [0, 0.1) is 11.6 Å². The lowest BCUT2D eigenvalue weighted by Crippen LogP contribution is -2.53. The van der Waals surface area contributed by atoms with Crippen LogP contribution in [0.25, 0.3) is 0 Å². The van der Waals surface area contributed by atoms with Crippen molar-refractivity contribution < 1.29 is 18.4 Å². The maximum absolute atomic E-state index is 12.9. The van der Waals surface area contributed by atoms with Gasteiger partial charge in [0.15, 0.2) is 11.6 Å². The van der Waals surface area contributed by atoms with Gasteiger partial charge in [-0.25, -0.2) is 8.78 Å². The summed E-state index contributed by atoms with van der Waals surface area (Å²) in [5, 5.41) is 7.94. The van der Waals surface area contributed by atoms with Gasteiger partial charge in [-0.2, -0.15) is 0 Å². The molecule has 1 aliphatic rings. The zero-order valence-electron chi connectivity index (χ0n) is 10.0. The van der Waals surface area contributed by atoms with Crippen LogP contribution in [0.4, 0.5) is 14.5 Å². The van der Waals surface area contributed by atoms with Crippen LogP contribution < -0.4 is 16.0 Å². The van der Waals surface area contributed by atoms with Crippen LogP contribution in [-0.2, 0) is 9.59 Å². The molecule has 1 atom stereocenters. The Morgan fingerprint density at radius 3 is 2.79 bits per heavy atom. The highest BCUT2D eigenvalue weighted by Gasteiger charge is 2.24. The summed E-state index contributed by atoms with van der Waals surface area (Å²) in [6, 6.07) is 2.47. The molecule has 5 nitrogen and oxygen atoms in total.